The van der Waals surface area contributed by atoms with Crippen LogP contribution in [0.2, 0.25) is 0 Å². The second kappa shape index (κ2) is 10.0. The van der Waals surface area contributed by atoms with Crippen LogP contribution in [0, 0.1) is 5.82 Å². The van der Waals surface area contributed by atoms with E-state index in [0.29, 0.717) is 30.2 Å². The Morgan fingerprint density at radius 3 is 2.56 bits per heavy atom. The van der Waals surface area contributed by atoms with Crippen LogP contribution in [0.25, 0.3) is 22.5 Å². The van der Waals surface area contributed by atoms with Crippen molar-refractivity contribution in [1.29, 1.82) is 0 Å². The summed E-state index contributed by atoms with van der Waals surface area (Å²) in [5.41, 5.74) is 4.96. The summed E-state index contributed by atoms with van der Waals surface area (Å²) in [5.74, 6) is -0.722. The summed E-state index contributed by atoms with van der Waals surface area (Å²) >= 11 is 0. The van der Waals surface area contributed by atoms with Gasteiger partial charge in [-0.1, -0.05) is 0 Å². The van der Waals surface area contributed by atoms with Crippen LogP contribution in [-0.4, -0.2) is 38.6 Å². The van der Waals surface area contributed by atoms with Crippen LogP contribution in [0.5, 0.6) is 0 Å². The third kappa shape index (κ3) is 5.32. The third-order valence-electron chi connectivity index (χ3n) is 5.20. The number of halogens is 1. The van der Waals surface area contributed by atoms with Gasteiger partial charge in [0.15, 0.2) is 0 Å². The molecule has 9 heteroatoms. The average Bonchev–Trinajstić information content (AvgIpc) is 3.31. The molecule has 8 nitrogen and oxygen atoms in total. The zero-order valence-electron chi connectivity index (χ0n) is 18.7. The molecule has 0 saturated carbocycles. The minimum absolute atomic E-state index is 0.149. The summed E-state index contributed by atoms with van der Waals surface area (Å²) in [7, 11) is 1.56. The van der Waals surface area contributed by atoms with Gasteiger partial charge in [0, 0.05) is 50.2 Å². The lowest BCUT2D eigenvalue weighted by Gasteiger charge is -2.11. The quantitative estimate of drug-likeness (QED) is 0.443. The molecular weight excluding hydrogens is 435 g/mol. The first-order valence-corrected chi connectivity index (χ1v) is 10.6. The highest BCUT2D eigenvalue weighted by Crippen LogP contribution is 2.27. The molecule has 0 atom stereocenters. The summed E-state index contributed by atoms with van der Waals surface area (Å²) in [4.78, 5) is 31.9. The fourth-order valence-electron chi connectivity index (χ4n) is 3.47. The summed E-state index contributed by atoms with van der Waals surface area (Å²) in [6, 6.07) is 13.4. The van der Waals surface area contributed by atoms with Crippen LogP contribution in [0.15, 0.2) is 67.1 Å². The Morgan fingerprint density at radius 1 is 1.03 bits per heavy atom. The monoisotopic (exact) mass is 458 g/mol. The molecule has 0 bridgehead atoms. The number of rotatable bonds is 7. The number of pyridine rings is 2. The highest BCUT2D eigenvalue weighted by Gasteiger charge is 2.13. The number of benzene rings is 1. The predicted octanol–water partition coefficient (Wildman–Crippen LogP) is 3.19. The second-order valence-corrected chi connectivity index (χ2v) is 7.67. The fraction of sp³-hybridized carbons (Fsp3) is 0.160. The van der Waals surface area contributed by atoms with E-state index in [9.17, 15) is 14.0 Å². The Bertz CT molecular complexity index is 1330. The number of hydrogen-bond acceptors (Lipinski definition) is 5. The SMILES string of the molecule is CNC(=O)c1cc(Cn2ccc(-c3cc(-c4ccc(F)cc4)ncc3CNC(C)=O)n2)ccn1. The molecule has 0 fully saturated rings. The van der Waals surface area contributed by atoms with Crippen molar-refractivity contribution in [2.24, 2.45) is 0 Å². The van der Waals surface area contributed by atoms with Gasteiger partial charge in [-0.15, -0.1) is 0 Å². The number of amides is 2. The van der Waals surface area contributed by atoms with E-state index >= 15 is 0 Å². The summed E-state index contributed by atoms with van der Waals surface area (Å²) in [6.45, 7) is 2.20. The molecule has 4 rings (SSSR count). The van der Waals surface area contributed by atoms with E-state index in [4.69, 9.17) is 5.10 Å². The van der Waals surface area contributed by atoms with Gasteiger partial charge in [0.25, 0.3) is 5.91 Å². The van der Waals surface area contributed by atoms with Crippen LogP contribution in [0.3, 0.4) is 0 Å². The number of carbonyl (C=O) groups is 2. The maximum atomic E-state index is 13.4. The molecule has 0 aliphatic heterocycles. The number of nitrogens with one attached hydrogen (secondary N) is 2. The zero-order valence-corrected chi connectivity index (χ0v) is 18.7. The standard InChI is InChI=1S/C25H23FN6O2/c1-16(33)29-13-19-14-30-23(18-3-5-20(26)6-4-18)12-21(19)22-8-10-32(31-22)15-17-7-9-28-24(11-17)25(34)27-2/h3-12,14H,13,15H2,1-2H3,(H,27,34)(H,29,33). The molecule has 2 N–H and O–H groups in total. The molecule has 0 aliphatic carbocycles. The number of nitrogens with zero attached hydrogens (tertiary/aromatic N) is 4. The lowest BCUT2D eigenvalue weighted by molar-refractivity contribution is -0.119. The second-order valence-electron chi connectivity index (χ2n) is 7.67. The van der Waals surface area contributed by atoms with Gasteiger partial charge >= 0.3 is 0 Å². The first-order chi connectivity index (χ1) is 16.4. The Hall–Kier alpha value is -4.40. The van der Waals surface area contributed by atoms with Crippen molar-refractivity contribution in [2.75, 3.05) is 7.05 Å². The topological polar surface area (TPSA) is 102 Å². The maximum Gasteiger partial charge on any atom is 0.269 e. The van der Waals surface area contributed by atoms with E-state index < -0.39 is 0 Å². The van der Waals surface area contributed by atoms with Gasteiger partial charge in [-0.05, 0) is 59.7 Å². The lowest BCUT2D eigenvalue weighted by Crippen LogP contribution is -2.19. The van der Waals surface area contributed by atoms with Crippen molar-refractivity contribution in [2.45, 2.75) is 20.0 Å². The molecule has 0 radical (unpaired) electrons. The first-order valence-electron chi connectivity index (χ1n) is 10.6. The largest absolute Gasteiger partial charge is 0.354 e. The van der Waals surface area contributed by atoms with Crippen molar-refractivity contribution < 1.29 is 14.0 Å². The van der Waals surface area contributed by atoms with Crippen LogP contribution in [0.1, 0.15) is 28.5 Å². The number of aromatic nitrogens is 4. The van der Waals surface area contributed by atoms with Gasteiger partial charge in [-0.3, -0.25) is 24.2 Å². The molecule has 3 heterocycles. The van der Waals surface area contributed by atoms with Crippen molar-refractivity contribution in [1.82, 2.24) is 30.4 Å². The Balaban J connectivity index is 1.66. The van der Waals surface area contributed by atoms with Gasteiger partial charge in [-0.2, -0.15) is 5.10 Å². The van der Waals surface area contributed by atoms with Gasteiger partial charge in [-0.25, -0.2) is 4.39 Å². The molecule has 3 aromatic heterocycles. The van der Waals surface area contributed by atoms with E-state index in [-0.39, 0.29) is 17.6 Å². The molecule has 4 aromatic rings. The van der Waals surface area contributed by atoms with Crippen LogP contribution in [0.4, 0.5) is 4.39 Å². The molecular formula is C25H23FN6O2. The van der Waals surface area contributed by atoms with Crippen molar-refractivity contribution in [3.8, 4) is 22.5 Å². The Labute approximate surface area is 195 Å². The molecule has 1 aromatic carbocycles. The van der Waals surface area contributed by atoms with E-state index in [1.54, 1.807) is 42.3 Å². The summed E-state index contributed by atoms with van der Waals surface area (Å²) in [6.07, 6.45) is 5.13. The smallest absolute Gasteiger partial charge is 0.269 e. The molecule has 0 saturated heterocycles. The number of hydrogen-bond donors (Lipinski definition) is 2. The Morgan fingerprint density at radius 2 is 1.82 bits per heavy atom. The highest BCUT2D eigenvalue weighted by molar-refractivity contribution is 5.92. The van der Waals surface area contributed by atoms with Gasteiger partial charge < -0.3 is 10.6 Å². The van der Waals surface area contributed by atoms with Gasteiger partial charge in [0.2, 0.25) is 5.91 Å². The molecule has 2 amide bonds. The van der Waals surface area contributed by atoms with Crippen molar-refractivity contribution in [3.05, 3.63) is 89.8 Å². The molecule has 0 spiro atoms. The maximum absolute atomic E-state index is 13.4. The fourth-order valence-corrected chi connectivity index (χ4v) is 3.47. The molecule has 0 unspecified atom stereocenters. The third-order valence-corrected chi connectivity index (χ3v) is 5.20. The van der Waals surface area contributed by atoms with Gasteiger partial charge in [0.05, 0.1) is 17.9 Å². The average molecular weight is 458 g/mol. The normalized spacial score (nSPS) is 10.7. The molecule has 0 aliphatic rings. The lowest BCUT2D eigenvalue weighted by atomic mass is 10.0. The van der Waals surface area contributed by atoms with Crippen LogP contribution in [-0.2, 0) is 17.9 Å². The Kier molecular flexibility index (Phi) is 6.72. The molecule has 34 heavy (non-hydrogen) atoms. The van der Waals surface area contributed by atoms with E-state index in [1.807, 2.05) is 24.4 Å². The minimum Gasteiger partial charge on any atom is -0.354 e. The van der Waals surface area contributed by atoms with Crippen molar-refractivity contribution >= 4 is 11.8 Å². The van der Waals surface area contributed by atoms with E-state index in [0.717, 1.165) is 22.3 Å². The highest BCUT2D eigenvalue weighted by atomic mass is 19.1. The zero-order chi connectivity index (χ0) is 24.1. The summed E-state index contributed by atoms with van der Waals surface area (Å²) < 4.78 is 15.1. The van der Waals surface area contributed by atoms with Gasteiger partial charge in [0.1, 0.15) is 11.5 Å². The van der Waals surface area contributed by atoms with E-state index in [2.05, 4.69) is 20.6 Å². The van der Waals surface area contributed by atoms with Crippen LogP contribution < -0.4 is 10.6 Å². The minimum atomic E-state index is -0.319. The van der Waals surface area contributed by atoms with E-state index in [1.165, 1.54) is 19.1 Å². The van der Waals surface area contributed by atoms with Crippen molar-refractivity contribution in [3.63, 3.8) is 0 Å². The molecule has 172 valence electrons. The first kappa shape index (κ1) is 22.8. The number of carbonyl (C=O) groups excluding carboxylic acids is 2. The van der Waals surface area contributed by atoms with Crippen LogP contribution >= 0.6 is 0 Å². The summed E-state index contributed by atoms with van der Waals surface area (Å²) in [5, 5.41) is 10.1. The predicted molar refractivity (Wildman–Crippen MR) is 125 cm³/mol.